The molecule has 1 aromatic rings. The van der Waals surface area contributed by atoms with Crippen molar-refractivity contribution in [3.63, 3.8) is 0 Å². The number of carbonyl (C=O) groups excluding carboxylic acids is 1. The summed E-state index contributed by atoms with van der Waals surface area (Å²) >= 11 is 0. The Balaban J connectivity index is 2.44. The summed E-state index contributed by atoms with van der Waals surface area (Å²) in [5, 5.41) is 0. The van der Waals surface area contributed by atoms with Gasteiger partial charge in [0.2, 0.25) is 6.34 Å². The van der Waals surface area contributed by atoms with Gasteiger partial charge in [-0.05, 0) is 0 Å². The molecule has 0 saturated heterocycles. The third-order valence-electron chi connectivity index (χ3n) is 3.29. The van der Waals surface area contributed by atoms with Crippen LogP contribution in [-0.4, -0.2) is 33.5 Å². The van der Waals surface area contributed by atoms with Crippen molar-refractivity contribution in [3.8, 4) is 0 Å². The number of amides is 1. The van der Waals surface area contributed by atoms with Crippen LogP contribution in [0.4, 0.5) is 4.79 Å². The Morgan fingerprint density at radius 1 is 1.50 bits per heavy atom. The maximum atomic E-state index is 12.5. The Labute approximate surface area is 107 Å². The molecule has 0 saturated carbocycles. The number of hydrogen-bond donors (Lipinski definition) is 0. The van der Waals surface area contributed by atoms with Gasteiger partial charge in [-0.2, -0.15) is 4.48 Å². The molecule has 1 amide bonds. The summed E-state index contributed by atoms with van der Waals surface area (Å²) in [5.41, 5.74) is 2.08. The lowest BCUT2D eigenvalue weighted by atomic mass is 10.1. The van der Waals surface area contributed by atoms with Gasteiger partial charge in [-0.25, -0.2) is 19.3 Å². The topological polar surface area (TPSA) is 47.2 Å². The number of rotatable bonds is 2. The molecule has 2 rings (SSSR count). The fraction of sp³-hybridized carbons (Fsp3) is 0.462. The molecule has 5 nitrogen and oxygen atoms in total. The number of hydrogen-bond acceptors (Lipinski definition) is 3. The second-order valence-corrected chi connectivity index (χ2v) is 4.91. The molecular formula is C13H19N4O+. The van der Waals surface area contributed by atoms with E-state index in [9.17, 15) is 4.79 Å². The molecule has 0 N–H and O–H groups in total. The van der Waals surface area contributed by atoms with Gasteiger partial charge in [0.05, 0.1) is 7.05 Å². The van der Waals surface area contributed by atoms with E-state index in [0.717, 1.165) is 17.8 Å². The highest BCUT2D eigenvalue weighted by Gasteiger charge is 2.42. The van der Waals surface area contributed by atoms with Crippen LogP contribution in [0.2, 0.25) is 0 Å². The van der Waals surface area contributed by atoms with Crippen LogP contribution in [0.5, 0.6) is 0 Å². The Morgan fingerprint density at radius 3 is 2.72 bits per heavy atom. The summed E-state index contributed by atoms with van der Waals surface area (Å²) in [5.74, 6) is 0.326. The predicted octanol–water partition coefficient (Wildman–Crippen LogP) is 2.62. The van der Waals surface area contributed by atoms with Crippen LogP contribution < -0.4 is 0 Å². The average molecular weight is 247 g/mol. The molecular weight excluding hydrogens is 228 g/mol. The second kappa shape index (κ2) is 4.49. The number of aliphatic imine (C=N–C) groups is 1. The van der Waals surface area contributed by atoms with Crippen LogP contribution in [-0.2, 0) is 0 Å². The molecule has 5 heteroatoms. The van der Waals surface area contributed by atoms with Crippen molar-refractivity contribution in [1.82, 2.24) is 9.55 Å². The van der Waals surface area contributed by atoms with Crippen LogP contribution in [0.1, 0.15) is 27.2 Å². The van der Waals surface area contributed by atoms with Crippen LogP contribution in [0, 0.1) is 5.92 Å². The number of quaternary nitrogens is 1. The van der Waals surface area contributed by atoms with Crippen LogP contribution in [0.3, 0.4) is 0 Å². The molecule has 2 heterocycles. The van der Waals surface area contributed by atoms with E-state index >= 15 is 0 Å². The van der Waals surface area contributed by atoms with Crippen LogP contribution in [0.15, 0.2) is 35.1 Å². The van der Waals surface area contributed by atoms with Gasteiger partial charge in [0.15, 0.2) is 0 Å². The zero-order chi connectivity index (χ0) is 13.3. The normalized spacial score (nSPS) is 23.2. The first-order valence-electron chi connectivity index (χ1n) is 6.18. The highest BCUT2D eigenvalue weighted by Crippen LogP contribution is 2.31. The standard InChI is InChI=1S/C13H19N4O/c1-5-11-12(10(2)3)15-9-17(11,4)13(18)16-7-6-14-8-16/h6-10H,5H2,1-4H3/q+1. The molecule has 18 heavy (non-hydrogen) atoms. The van der Waals surface area contributed by atoms with E-state index in [1.165, 1.54) is 10.9 Å². The van der Waals surface area contributed by atoms with E-state index < -0.39 is 0 Å². The fourth-order valence-electron chi connectivity index (χ4n) is 2.33. The van der Waals surface area contributed by atoms with Crippen LogP contribution >= 0.6 is 0 Å². The SMILES string of the molecule is CCC1=C(C(C)C)N=C[N+]1(C)C(=O)n1ccnc1. The minimum Gasteiger partial charge on any atom is -0.245 e. The lowest BCUT2D eigenvalue weighted by Crippen LogP contribution is -2.47. The highest BCUT2D eigenvalue weighted by atomic mass is 16.2. The molecule has 0 aliphatic carbocycles. The smallest absolute Gasteiger partial charge is 0.245 e. The van der Waals surface area contributed by atoms with E-state index in [-0.39, 0.29) is 10.5 Å². The summed E-state index contributed by atoms with van der Waals surface area (Å²) in [7, 11) is 1.88. The first-order valence-corrected chi connectivity index (χ1v) is 6.18. The van der Waals surface area contributed by atoms with Crippen molar-refractivity contribution < 1.29 is 9.28 Å². The molecule has 1 aliphatic heterocycles. The first-order chi connectivity index (χ1) is 8.50. The summed E-state index contributed by atoms with van der Waals surface area (Å²) in [6.07, 6.45) is 7.33. The predicted molar refractivity (Wildman–Crippen MR) is 69.9 cm³/mol. The van der Waals surface area contributed by atoms with Crippen molar-refractivity contribution in [1.29, 1.82) is 0 Å². The maximum Gasteiger partial charge on any atom is 0.439 e. The van der Waals surface area contributed by atoms with Gasteiger partial charge in [0, 0.05) is 24.7 Å². The van der Waals surface area contributed by atoms with E-state index in [4.69, 9.17) is 0 Å². The van der Waals surface area contributed by atoms with Crippen LogP contribution in [0.25, 0.3) is 0 Å². The summed E-state index contributed by atoms with van der Waals surface area (Å²) in [6, 6.07) is -0.0521. The van der Waals surface area contributed by atoms with Gasteiger partial charge < -0.3 is 0 Å². The molecule has 0 aromatic carbocycles. The van der Waals surface area contributed by atoms with Gasteiger partial charge in [0.25, 0.3) is 0 Å². The van der Waals surface area contributed by atoms with E-state index in [0.29, 0.717) is 5.92 Å². The van der Waals surface area contributed by atoms with Gasteiger partial charge in [0.1, 0.15) is 17.7 Å². The van der Waals surface area contributed by atoms with E-state index in [1.54, 1.807) is 18.7 Å². The zero-order valence-electron chi connectivity index (χ0n) is 11.3. The Hall–Kier alpha value is -1.75. The third-order valence-corrected chi connectivity index (χ3v) is 3.29. The van der Waals surface area contributed by atoms with Gasteiger partial charge in [-0.15, -0.1) is 0 Å². The number of allylic oxidation sites excluding steroid dienone is 2. The second-order valence-electron chi connectivity index (χ2n) is 4.91. The Morgan fingerprint density at radius 2 is 2.22 bits per heavy atom. The highest BCUT2D eigenvalue weighted by molar-refractivity contribution is 5.80. The minimum absolute atomic E-state index is 0.0521. The van der Waals surface area contributed by atoms with Crippen molar-refractivity contribution in [2.24, 2.45) is 10.9 Å². The molecule has 0 radical (unpaired) electrons. The number of imidazole rings is 1. The molecule has 0 bridgehead atoms. The third kappa shape index (κ3) is 1.80. The van der Waals surface area contributed by atoms with Crippen molar-refractivity contribution in [2.75, 3.05) is 7.05 Å². The Bertz CT molecular complexity index is 513. The zero-order valence-corrected chi connectivity index (χ0v) is 11.3. The quantitative estimate of drug-likeness (QED) is 0.754. The van der Waals surface area contributed by atoms with Crippen molar-refractivity contribution >= 4 is 12.4 Å². The van der Waals surface area contributed by atoms with Gasteiger partial charge in [-0.3, -0.25) is 0 Å². The summed E-state index contributed by atoms with van der Waals surface area (Å²) in [4.78, 5) is 20.9. The van der Waals surface area contributed by atoms with E-state index in [2.05, 4.69) is 30.7 Å². The maximum absolute atomic E-state index is 12.5. The van der Waals surface area contributed by atoms with E-state index in [1.807, 2.05) is 7.05 Å². The van der Waals surface area contributed by atoms with Crippen molar-refractivity contribution in [3.05, 3.63) is 30.1 Å². The number of aromatic nitrogens is 2. The first kappa shape index (κ1) is 12.7. The summed E-state index contributed by atoms with van der Waals surface area (Å²) in [6.45, 7) is 6.25. The molecule has 1 unspecified atom stereocenters. The van der Waals surface area contributed by atoms with Crippen molar-refractivity contribution in [2.45, 2.75) is 27.2 Å². The largest absolute Gasteiger partial charge is 0.439 e. The molecule has 1 aromatic heterocycles. The lowest BCUT2D eigenvalue weighted by molar-refractivity contribution is -0.683. The molecule has 0 spiro atoms. The minimum atomic E-state index is -0.0521. The molecule has 0 fully saturated rings. The fourth-order valence-corrected chi connectivity index (χ4v) is 2.33. The Kier molecular flexibility index (Phi) is 3.17. The monoisotopic (exact) mass is 247 g/mol. The average Bonchev–Trinajstić information content (AvgIpc) is 2.95. The van der Waals surface area contributed by atoms with Gasteiger partial charge in [-0.1, -0.05) is 20.8 Å². The molecule has 96 valence electrons. The lowest BCUT2D eigenvalue weighted by Gasteiger charge is -2.24. The summed E-state index contributed by atoms with van der Waals surface area (Å²) < 4.78 is 1.62. The molecule has 1 atom stereocenters. The van der Waals surface area contributed by atoms with Gasteiger partial charge >= 0.3 is 6.03 Å². The molecule has 1 aliphatic rings. The number of nitrogens with zero attached hydrogens (tertiary/aromatic N) is 4. The number of carbonyl (C=O) groups is 1.